The molecule has 0 saturated carbocycles. The number of carboxylic acid groups (broad SMARTS) is 1. The quantitative estimate of drug-likeness (QED) is 0.529. The second kappa shape index (κ2) is 5.40. The summed E-state index contributed by atoms with van der Waals surface area (Å²) in [5, 5.41) is 11.4. The van der Waals surface area contributed by atoms with E-state index >= 15 is 0 Å². The van der Waals surface area contributed by atoms with Crippen molar-refractivity contribution in [3.63, 3.8) is 0 Å². The normalized spacial score (nSPS) is 11.2. The number of pyridine rings is 1. The van der Waals surface area contributed by atoms with E-state index in [2.05, 4.69) is 25.9 Å². The minimum Gasteiger partial charge on any atom is -0.476 e. The third-order valence-corrected chi connectivity index (χ3v) is 5.43. The first-order chi connectivity index (χ1) is 11.1. The van der Waals surface area contributed by atoms with Crippen molar-refractivity contribution in [1.82, 2.24) is 9.97 Å². The van der Waals surface area contributed by atoms with Gasteiger partial charge in [0.2, 0.25) is 5.01 Å². The van der Waals surface area contributed by atoms with E-state index in [0.717, 1.165) is 31.1 Å². The van der Waals surface area contributed by atoms with Crippen molar-refractivity contribution in [2.45, 2.75) is 0 Å². The van der Waals surface area contributed by atoms with Crippen LogP contribution in [0.2, 0.25) is 0 Å². The first-order valence-corrected chi connectivity index (χ1v) is 8.41. The number of carbonyl (C=O) groups is 1. The molecule has 0 spiro atoms. The molecular weight excluding hydrogens is 376 g/mol. The van der Waals surface area contributed by atoms with E-state index in [4.69, 9.17) is 0 Å². The van der Waals surface area contributed by atoms with Gasteiger partial charge in [0.1, 0.15) is 5.52 Å². The standard InChI is InChI=1S/C17H9BrN2O2S/c18-13-6-5-10(9-3-1-2-4-11(9)13)12-7-19-8-14-15(12)23-16(20-14)17(21)22/h1-8H,(H,21,22). The fourth-order valence-corrected chi connectivity index (χ4v) is 4.01. The fraction of sp³-hybridized carbons (Fsp3) is 0. The number of fused-ring (bicyclic) bond motifs is 2. The molecule has 0 unspecified atom stereocenters. The molecular formula is C17H9BrN2O2S. The van der Waals surface area contributed by atoms with E-state index in [0.29, 0.717) is 5.52 Å². The molecule has 1 N–H and O–H groups in total. The van der Waals surface area contributed by atoms with Crippen molar-refractivity contribution in [2.75, 3.05) is 0 Å². The van der Waals surface area contributed by atoms with Crippen molar-refractivity contribution in [2.24, 2.45) is 0 Å². The number of thiazole rings is 1. The fourth-order valence-electron chi connectivity index (χ4n) is 2.63. The molecule has 2 aromatic heterocycles. The third-order valence-electron chi connectivity index (χ3n) is 3.64. The molecule has 0 saturated heterocycles. The molecule has 0 bridgehead atoms. The van der Waals surface area contributed by atoms with Crippen molar-refractivity contribution in [3.05, 3.63) is 58.3 Å². The molecule has 6 heteroatoms. The lowest BCUT2D eigenvalue weighted by Crippen LogP contribution is -1.93. The number of aromatic carboxylic acids is 1. The molecule has 0 amide bonds. The predicted molar refractivity (Wildman–Crippen MR) is 95.0 cm³/mol. The number of rotatable bonds is 2. The van der Waals surface area contributed by atoms with Gasteiger partial charge in [0.15, 0.2) is 0 Å². The molecule has 4 aromatic rings. The smallest absolute Gasteiger partial charge is 0.365 e. The van der Waals surface area contributed by atoms with E-state index in [-0.39, 0.29) is 5.01 Å². The van der Waals surface area contributed by atoms with Crippen LogP contribution in [0.1, 0.15) is 9.80 Å². The van der Waals surface area contributed by atoms with Gasteiger partial charge in [0, 0.05) is 16.2 Å². The van der Waals surface area contributed by atoms with Gasteiger partial charge >= 0.3 is 5.97 Å². The number of hydrogen-bond donors (Lipinski definition) is 1. The maximum absolute atomic E-state index is 11.2. The van der Waals surface area contributed by atoms with Crippen LogP contribution in [0.15, 0.2) is 53.3 Å². The van der Waals surface area contributed by atoms with Gasteiger partial charge < -0.3 is 5.11 Å². The van der Waals surface area contributed by atoms with E-state index in [1.54, 1.807) is 12.4 Å². The third kappa shape index (κ3) is 2.31. The van der Waals surface area contributed by atoms with Crippen LogP contribution in [-0.4, -0.2) is 21.0 Å². The first-order valence-electron chi connectivity index (χ1n) is 6.80. The molecule has 23 heavy (non-hydrogen) atoms. The Kier molecular flexibility index (Phi) is 3.36. The summed E-state index contributed by atoms with van der Waals surface area (Å²) in [5.41, 5.74) is 2.52. The van der Waals surface area contributed by atoms with Crippen molar-refractivity contribution in [1.29, 1.82) is 0 Å². The summed E-state index contributed by atoms with van der Waals surface area (Å²) in [6.45, 7) is 0. The molecule has 0 atom stereocenters. The van der Waals surface area contributed by atoms with Crippen molar-refractivity contribution >= 4 is 54.2 Å². The van der Waals surface area contributed by atoms with E-state index in [1.807, 2.05) is 36.4 Å². The van der Waals surface area contributed by atoms with E-state index in [1.165, 1.54) is 11.3 Å². The zero-order valence-electron chi connectivity index (χ0n) is 11.7. The van der Waals surface area contributed by atoms with Crippen LogP contribution in [0.5, 0.6) is 0 Å². The molecule has 0 aliphatic rings. The predicted octanol–water partition coefficient (Wildman–Crippen LogP) is 4.97. The molecule has 4 rings (SSSR count). The minimum absolute atomic E-state index is 0.0793. The first kappa shape index (κ1) is 14.3. The highest BCUT2D eigenvalue weighted by atomic mass is 79.9. The Morgan fingerprint density at radius 1 is 1.04 bits per heavy atom. The van der Waals surface area contributed by atoms with E-state index < -0.39 is 5.97 Å². The lowest BCUT2D eigenvalue weighted by atomic mass is 9.99. The van der Waals surface area contributed by atoms with Gasteiger partial charge in [-0.05, 0) is 22.4 Å². The van der Waals surface area contributed by atoms with E-state index in [9.17, 15) is 9.90 Å². The average molecular weight is 385 g/mol. The van der Waals surface area contributed by atoms with Gasteiger partial charge in [-0.25, -0.2) is 9.78 Å². The lowest BCUT2D eigenvalue weighted by Gasteiger charge is -2.08. The highest BCUT2D eigenvalue weighted by Crippen LogP contribution is 2.38. The monoisotopic (exact) mass is 384 g/mol. The molecule has 0 fully saturated rings. The van der Waals surface area contributed by atoms with Crippen molar-refractivity contribution in [3.8, 4) is 11.1 Å². The maximum Gasteiger partial charge on any atom is 0.365 e. The molecule has 0 radical (unpaired) electrons. The lowest BCUT2D eigenvalue weighted by molar-refractivity contribution is 0.0696. The summed E-state index contributed by atoms with van der Waals surface area (Å²) in [6.07, 6.45) is 3.37. The van der Waals surface area contributed by atoms with Crippen LogP contribution >= 0.6 is 27.3 Å². The molecule has 2 aromatic carbocycles. The molecule has 2 heterocycles. The Bertz CT molecular complexity index is 1070. The second-order valence-corrected chi connectivity index (χ2v) is 6.85. The number of benzene rings is 2. The summed E-state index contributed by atoms with van der Waals surface area (Å²) in [5.74, 6) is -1.02. The Morgan fingerprint density at radius 2 is 1.83 bits per heavy atom. The minimum atomic E-state index is -1.02. The van der Waals surface area contributed by atoms with Gasteiger partial charge in [-0.3, -0.25) is 4.98 Å². The summed E-state index contributed by atoms with van der Waals surface area (Å²) < 4.78 is 1.86. The van der Waals surface area contributed by atoms with Gasteiger partial charge in [0.05, 0.1) is 10.9 Å². The van der Waals surface area contributed by atoms with Gasteiger partial charge in [-0.15, -0.1) is 11.3 Å². The zero-order chi connectivity index (χ0) is 16.0. The van der Waals surface area contributed by atoms with Crippen LogP contribution in [0.25, 0.3) is 32.1 Å². The van der Waals surface area contributed by atoms with Crippen LogP contribution in [0.4, 0.5) is 0 Å². The summed E-state index contributed by atoms with van der Waals surface area (Å²) in [7, 11) is 0. The highest BCUT2D eigenvalue weighted by molar-refractivity contribution is 9.10. The number of aromatic nitrogens is 2. The van der Waals surface area contributed by atoms with Crippen LogP contribution < -0.4 is 0 Å². The van der Waals surface area contributed by atoms with Crippen LogP contribution in [0.3, 0.4) is 0 Å². The SMILES string of the molecule is O=C(O)c1nc2cncc(-c3ccc(Br)c4ccccc34)c2s1. The largest absolute Gasteiger partial charge is 0.476 e. The number of halogens is 1. The number of carboxylic acids is 1. The summed E-state index contributed by atoms with van der Waals surface area (Å²) in [6, 6.07) is 12.1. The molecule has 4 nitrogen and oxygen atoms in total. The van der Waals surface area contributed by atoms with Crippen LogP contribution in [-0.2, 0) is 0 Å². The molecule has 0 aliphatic carbocycles. The Balaban J connectivity index is 2.07. The Labute approximate surface area is 143 Å². The van der Waals surface area contributed by atoms with Crippen molar-refractivity contribution < 1.29 is 9.90 Å². The average Bonchev–Trinajstić information content (AvgIpc) is 3.00. The van der Waals surface area contributed by atoms with Gasteiger partial charge in [-0.2, -0.15) is 0 Å². The zero-order valence-corrected chi connectivity index (χ0v) is 14.1. The number of hydrogen-bond acceptors (Lipinski definition) is 4. The number of nitrogens with zero attached hydrogens (tertiary/aromatic N) is 2. The maximum atomic E-state index is 11.2. The Morgan fingerprint density at radius 3 is 2.61 bits per heavy atom. The summed E-state index contributed by atoms with van der Waals surface area (Å²) in [4.78, 5) is 19.6. The highest BCUT2D eigenvalue weighted by Gasteiger charge is 2.16. The topological polar surface area (TPSA) is 63.1 Å². The second-order valence-electron chi connectivity index (χ2n) is 5.00. The molecule has 112 valence electrons. The molecule has 0 aliphatic heterocycles. The van der Waals surface area contributed by atoms with Gasteiger partial charge in [0.25, 0.3) is 0 Å². The van der Waals surface area contributed by atoms with Crippen LogP contribution in [0, 0.1) is 0 Å². The summed E-state index contributed by atoms with van der Waals surface area (Å²) >= 11 is 4.75. The van der Waals surface area contributed by atoms with Gasteiger partial charge in [-0.1, -0.05) is 46.3 Å². The Hall–Kier alpha value is -2.31.